The number of hydrogen-bond donors (Lipinski definition) is 0. The number of hydrogen-bond acceptors (Lipinski definition) is 1. The molecule has 0 bridgehead atoms. The third-order valence-electron chi connectivity index (χ3n) is 2.83. The molecule has 0 nitrogen and oxygen atoms in total. The molecule has 0 spiro atoms. The van der Waals surface area contributed by atoms with Crippen LogP contribution in [0, 0.1) is 0 Å². The molecule has 0 saturated carbocycles. The first-order chi connectivity index (χ1) is 7.77. The van der Waals surface area contributed by atoms with E-state index in [1.54, 1.807) is 11.1 Å². The Balaban J connectivity index is 0.000000249. The molecule has 2 aliphatic heterocycles. The summed E-state index contributed by atoms with van der Waals surface area (Å²) in [7, 11) is -5.25. The van der Waals surface area contributed by atoms with Crippen molar-refractivity contribution in [1.82, 2.24) is 0 Å². The molecule has 2 heterocycles. The molecule has 1 saturated heterocycles. The van der Waals surface area contributed by atoms with E-state index in [9.17, 15) is 17.3 Å². The van der Waals surface area contributed by atoms with Crippen molar-refractivity contribution in [2.45, 2.75) is 31.3 Å². The van der Waals surface area contributed by atoms with Crippen LogP contribution in [0.2, 0.25) is 0 Å². The first-order valence-corrected chi connectivity index (χ1v) is 8.25. The second-order valence-electron chi connectivity index (χ2n) is 4.30. The van der Waals surface area contributed by atoms with E-state index in [2.05, 4.69) is 25.6 Å². The van der Waals surface area contributed by atoms with Crippen LogP contribution in [0.5, 0.6) is 0 Å². The minimum atomic E-state index is -6.00. The predicted molar refractivity (Wildman–Crippen MR) is 71.1 cm³/mol. The average molecular weight is 288 g/mol. The van der Waals surface area contributed by atoms with Crippen molar-refractivity contribution in [2.75, 3.05) is 17.3 Å². The molecule has 0 aromatic heterocycles. The van der Waals surface area contributed by atoms with E-state index < -0.39 is 7.25 Å². The van der Waals surface area contributed by atoms with Gasteiger partial charge in [0.15, 0.2) is 4.58 Å². The zero-order valence-electron chi connectivity index (χ0n) is 10.0. The average Bonchev–Trinajstić information content (AvgIpc) is 2.17. The van der Waals surface area contributed by atoms with E-state index in [1.807, 2.05) is 0 Å². The molecular weight excluding hydrogens is 271 g/mol. The van der Waals surface area contributed by atoms with Crippen LogP contribution in [0.3, 0.4) is 0 Å². The Morgan fingerprint density at radius 3 is 2.35 bits per heavy atom. The monoisotopic (exact) mass is 288 g/mol. The van der Waals surface area contributed by atoms with E-state index in [0.717, 1.165) is 15.5 Å². The van der Waals surface area contributed by atoms with Crippen LogP contribution in [0.1, 0.15) is 26.7 Å². The van der Waals surface area contributed by atoms with E-state index in [1.165, 1.54) is 30.1 Å². The molecular formula is C10H17BF4S2. The van der Waals surface area contributed by atoms with Crippen LogP contribution in [0.25, 0.3) is 0 Å². The summed E-state index contributed by atoms with van der Waals surface area (Å²) in [5.74, 6) is 4.35. The number of thioether (sulfide) groups is 1. The molecule has 0 aliphatic carbocycles. The van der Waals surface area contributed by atoms with E-state index in [-0.39, 0.29) is 0 Å². The van der Waals surface area contributed by atoms with Crippen molar-refractivity contribution in [3.63, 3.8) is 0 Å². The SMILES string of the molecule is CC1=C(C)C[S+]2CCCSC2C1.F[B-](F)(F)F. The Kier molecular flexibility index (Phi) is 5.76. The van der Waals surface area contributed by atoms with Crippen molar-refractivity contribution < 1.29 is 17.3 Å². The lowest BCUT2D eigenvalue weighted by atomic mass is 10.1. The second kappa shape index (κ2) is 6.41. The first kappa shape index (κ1) is 15.3. The van der Waals surface area contributed by atoms with Gasteiger partial charge >= 0.3 is 7.25 Å². The summed E-state index contributed by atoms with van der Waals surface area (Å²) >= 11 is 2.23. The fourth-order valence-electron chi connectivity index (χ4n) is 1.85. The lowest BCUT2D eigenvalue weighted by Gasteiger charge is -2.28. The van der Waals surface area contributed by atoms with Crippen molar-refractivity contribution in [2.24, 2.45) is 0 Å². The van der Waals surface area contributed by atoms with Gasteiger partial charge in [0.25, 0.3) is 0 Å². The molecule has 2 rings (SSSR count). The molecule has 0 radical (unpaired) electrons. The number of fused-ring (bicyclic) bond motifs is 1. The van der Waals surface area contributed by atoms with Crippen molar-refractivity contribution >= 4 is 29.9 Å². The zero-order valence-corrected chi connectivity index (χ0v) is 11.7. The number of rotatable bonds is 0. The summed E-state index contributed by atoms with van der Waals surface area (Å²) < 4.78 is 40.0. The summed E-state index contributed by atoms with van der Waals surface area (Å²) in [6.45, 7) is 4.66. The smallest absolute Gasteiger partial charge is 0.418 e. The normalized spacial score (nSPS) is 29.3. The lowest BCUT2D eigenvalue weighted by molar-refractivity contribution is 0.368. The zero-order chi connectivity index (χ0) is 13.1. The highest BCUT2D eigenvalue weighted by atomic mass is 32.2. The fourth-order valence-corrected chi connectivity index (χ4v) is 6.93. The van der Waals surface area contributed by atoms with Crippen LogP contribution < -0.4 is 0 Å². The van der Waals surface area contributed by atoms with Gasteiger partial charge in [-0.2, -0.15) is 0 Å². The third kappa shape index (κ3) is 6.09. The molecule has 2 atom stereocenters. The van der Waals surface area contributed by atoms with E-state index in [4.69, 9.17) is 0 Å². The van der Waals surface area contributed by atoms with Crippen LogP contribution >= 0.6 is 11.8 Å². The molecule has 0 aromatic carbocycles. The van der Waals surface area contributed by atoms with Crippen molar-refractivity contribution in [3.8, 4) is 0 Å². The quantitative estimate of drug-likeness (QED) is 0.280. The summed E-state index contributed by atoms with van der Waals surface area (Å²) in [5, 5.41) is 0. The maximum absolute atomic E-state index is 9.75. The van der Waals surface area contributed by atoms with Gasteiger partial charge in [0.05, 0.1) is 0 Å². The maximum Gasteiger partial charge on any atom is 0.673 e. The largest absolute Gasteiger partial charge is 0.673 e. The van der Waals surface area contributed by atoms with Gasteiger partial charge in [-0.1, -0.05) is 5.57 Å². The highest BCUT2D eigenvalue weighted by molar-refractivity contribution is 8.16. The summed E-state index contributed by atoms with van der Waals surface area (Å²) in [4.78, 5) is 0. The minimum absolute atomic E-state index is 0.752. The Bertz CT molecular complexity index is 263. The van der Waals surface area contributed by atoms with Crippen LogP contribution in [-0.4, -0.2) is 29.1 Å². The molecule has 17 heavy (non-hydrogen) atoms. The van der Waals surface area contributed by atoms with E-state index >= 15 is 0 Å². The van der Waals surface area contributed by atoms with Gasteiger partial charge in [0.1, 0.15) is 11.5 Å². The van der Waals surface area contributed by atoms with Crippen LogP contribution in [-0.2, 0) is 10.9 Å². The summed E-state index contributed by atoms with van der Waals surface area (Å²) in [5.41, 5.74) is 3.37. The first-order valence-electron chi connectivity index (χ1n) is 5.58. The van der Waals surface area contributed by atoms with Crippen LogP contribution in [0.4, 0.5) is 17.3 Å². The fraction of sp³-hybridized carbons (Fsp3) is 0.800. The third-order valence-corrected chi connectivity index (χ3v) is 7.64. The highest BCUT2D eigenvalue weighted by Gasteiger charge is 2.37. The molecule has 2 aliphatic rings. The molecule has 2 unspecified atom stereocenters. The van der Waals surface area contributed by atoms with Gasteiger partial charge < -0.3 is 17.3 Å². The van der Waals surface area contributed by atoms with Crippen LogP contribution in [0.15, 0.2) is 11.1 Å². The standard InChI is InChI=1S/C10H17S2.BF4/c1-8-6-10-11-4-3-5-12(10)7-9(8)2;2-1(3,4)5/h10H,3-7H2,1-2H3;/q+1;-1. The Labute approximate surface area is 107 Å². The van der Waals surface area contributed by atoms with Gasteiger partial charge in [0.2, 0.25) is 0 Å². The van der Waals surface area contributed by atoms with Gasteiger partial charge in [-0.25, -0.2) is 0 Å². The number of halogens is 4. The van der Waals surface area contributed by atoms with Gasteiger partial charge in [-0.15, -0.1) is 11.8 Å². The molecule has 100 valence electrons. The second-order valence-corrected chi connectivity index (χ2v) is 8.25. The highest BCUT2D eigenvalue weighted by Crippen LogP contribution is 2.37. The molecule has 0 amide bonds. The molecule has 0 aromatic rings. The Morgan fingerprint density at radius 2 is 1.76 bits per heavy atom. The Morgan fingerprint density at radius 1 is 1.18 bits per heavy atom. The van der Waals surface area contributed by atoms with Gasteiger partial charge in [-0.05, 0) is 19.4 Å². The molecule has 7 heteroatoms. The van der Waals surface area contributed by atoms with Crippen molar-refractivity contribution in [3.05, 3.63) is 11.1 Å². The number of allylic oxidation sites excluding steroid dienone is 1. The topological polar surface area (TPSA) is 0 Å². The lowest BCUT2D eigenvalue weighted by Crippen LogP contribution is -2.33. The molecule has 1 fully saturated rings. The predicted octanol–water partition coefficient (Wildman–Crippen LogP) is 4.11. The Hall–Kier alpha value is 0.225. The summed E-state index contributed by atoms with van der Waals surface area (Å²) in [6.07, 6.45) is 2.86. The van der Waals surface area contributed by atoms with E-state index in [0.29, 0.717) is 0 Å². The van der Waals surface area contributed by atoms with Crippen molar-refractivity contribution in [1.29, 1.82) is 0 Å². The molecule has 0 N–H and O–H groups in total. The van der Waals surface area contributed by atoms with Gasteiger partial charge in [0, 0.05) is 29.5 Å². The summed E-state index contributed by atoms with van der Waals surface area (Å²) in [6, 6.07) is 0. The minimum Gasteiger partial charge on any atom is -0.418 e. The van der Waals surface area contributed by atoms with Gasteiger partial charge in [-0.3, -0.25) is 0 Å². The maximum atomic E-state index is 9.75.